The second kappa shape index (κ2) is 13.2. The van der Waals surface area contributed by atoms with E-state index >= 15 is 0 Å². The van der Waals surface area contributed by atoms with Crippen LogP contribution in [0.5, 0.6) is 0 Å². The van der Waals surface area contributed by atoms with Gasteiger partial charge in [0.1, 0.15) is 4.83 Å². The lowest BCUT2D eigenvalue weighted by atomic mass is 9.96. The van der Waals surface area contributed by atoms with Crippen LogP contribution in [0.15, 0.2) is 101 Å². The van der Waals surface area contributed by atoms with Crippen molar-refractivity contribution in [3.63, 3.8) is 0 Å². The van der Waals surface area contributed by atoms with E-state index in [9.17, 15) is 9.59 Å². The molecule has 0 unspecified atom stereocenters. The molecule has 0 bridgehead atoms. The number of thiophene rings is 1. The van der Waals surface area contributed by atoms with Gasteiger partial charge in [-0.05, 0) is 34.6 Å². The van der Waals surface area contributed by atoms with E-state index in [1.54, 1.807) is 15.9 Å². The van der Waals surface area contributed by atoms with E-state index < -0.39 is 0 Å². The molecule has 234 valence electrons. The fourth-order valence-electron chi connectivity index (χ4n) is 6.08. The van der Waals surface area contributed by atoms with Crippen molar-refractivity contribution in [2.45, 2.75) is 57.1 Å². The minimum absolute atomic E-state index is 0.0457. The predicted molar refractivity (Wildman–Crippen MR) is 183 cm³/mol. The molecule has 1 N–H and O–H groups in total. The molecule has 0 aliphatic carbocycles. The van der Waals surface area contributed by atoms with Crippen molar-refractivity contribution in [2.75, 3.05) is 5.75 Å². The zero-order valence-electron chi connectivity index (χ0n) is 25.8. The summed E-state index contributed by atoms with van der Waals surface area (Å²) in [7, 11) is 0. The highest BCUT2D eigenvalue weighted by Crippen LogP contribution is 2.37. The van der Waals surface area contributed by atoms with E-state index in [4.69, 9.17) is 4.74 Å². The Kier molecular flexibility index (Phi) is 8.75. The van der Waals surface area contributed by atoms with E-state index in [0.717, 1.165) is 32.0 Å². The van der Waals surface area contributed by atoms with E-state index in [2.05, 4.69) is 41.5 Å². The average molecular weight is 650 g/mol. The first kappa shape index (κ1) is 30.4. The third-order valence-electron chi connectivity index (χ3n) is 8.54. The first-order valence-electron chi connectivity index (χ1n) is 15.6. The number of ether oxygens (including phenoxy) is 1. The maximum atomic E-state index is 14.2. The summed E-state index contributed by atoms with van der Waals surface area (Å²) in [5.41, 5.74) is 4.19. The summed E-state index contributed by atoms with van der Waals surface area (Å²) >= 11 is 2.90. The second-order valence-corrected chi connectivity index (χ2v) is 13.9. The predicted octanol–water partition coefficient (Wildman–Crippen LogP) is 6.44. The van der Waals surface area contributed by atoms with Gasteiger partial charge in [0.15, 0.2) is 5.16 Å². The number of amides is 1. The molecular formula is C36H35N5O3S2. The molecule has 8 nitrogen and oxygen atoms in total. The van der Waals surface area contributed by atoms with Crippen LogP contribution in [-0.4, -0.2) is 36.9 Å². The van der Waals surface area contributed by atoms with Crippen molar-refractivity contribution in [3.05, 3.63) is 128 Å². The number of carbonyl (C=O) groups is 1. The van der Waals surface area contributed by atoms with Crippen LogP contribution in [0.4, 0.5) is 0 Å². The maximum Gasteiger partial charge on any atom is 0.263 e. The molecule has 1 aliphatic rings. The fraction of sp³-hybridized carbons (Fsp3) is 0.278. The Morgan fingerprint density at radius 2 is 1.63 bits per heavy atom. The van der Waals surface area contributed by atoms with Gasteiger partial charge in [0.25, 0.3) is 5.56 Å². The molecular weight excluding hydrogens is 615 g/mol. The van der Waals surface area contributed by atoms with Crippen LogP contribution < -0.4 is 10.9 Å². The minimum atomic E-state index is -0.279. The van der Waals surface area contributed by atoms with E-state index in [1.807, 2.05) is 83.3 Å². The SMILES string of the molecule is CC(C)[C@H]1Cc2c(sc3c2c(=O)n(CCc2ccccc2)c2nnc(SCC(=O)NC(c4ccccc4)c4ccccc4)n32)CO1. The zero-order valence-corrected chi connectivity index (χ0v) is 27.4. The largest absolute Gasteiger partial charge is 0.372 e. The van der Waals surface area contributed by atoms with Gasteiger partial charge in [-0.3, -0.25) is 14.2 Å². The molecule has 3 aromatic heterocycles. The molecule has 1 amide bonds. The number of benzene rings is 3. The fourth-order valence-corrected chi connectivity index (χ4v) is 8.13. The second-order valence-electron chi connectivity index (χ2n) is 11.9. The van der Waals surface area contributed by atoms with Crippen molar-refractivity contribution in [1.29, 1.82) is 0 Å². The number of fused-ring (bicyclic) bond motifs is 5. The standard InChI is InChI=1S/C36H35N5O3S2/c1-23(2)28-20-27-29(21-44-28)46-34-31(27)33(43)40(19-18-24-12-6-3-7-13-24)35-38-39-36(41(34)35)45-22-30(42)37-32(25-14-8-4-9-15-25)26-16-10-5-11-17-26/h3-17,23,28,32H,18-22H2,1-2H3,(H,37,42)/t28-/m1/s1. The average Bonchev–Trinajstić information content (AvgIpc) is 3.69. The molecule has 46 heavy (non-hydrogen) atoms. The minimum Gasteiger partial charge on any atom is -0.372 e. The number of aromatic nitrogens is 4. The molecule has 1 atom stereocenters. The Morgan fingerprint density at radius 1 is 0.978 bits per heavy atom. The lowest BCUT2D eigenvalue weighted by molar-refractivity contribution is -0.119. The van der Waals surface area contributed by atoms with Crippen molar-refractivity contribution in [2.24, 2.45) is 5.92 Å². The topological polar surface area (TPSA) is 90.5 Å². The van der Waals surface area contributed by atoms with Crippen LogP contribution in [0.3, 0.4) is 0 Å². The van der Waals surface area contributed by atoms with Gasteiger partial charge < -0.3 is 10.1 Å². The van der Waals surface area contributed by atoms with Crippen molar-refractivity contribution < 1.29 is 9.53 Å². The van der Waals surface area contributed by atoms with Crippen molar-refractivity contribution in [1.82, 2.24) is 24.5 Å². The lowest BCUT2D eigenvalue weighted by Gasteiger charge is -2.26. The Labute approximate surface area is 275 Å². The number of nitrogens with one attached hydrogen (secondary N) is 1. The van der Waals surface area contributed by atoms with E-state index in [-0.39, 0.29) is 29.4 Å². The van der Waals surface area contributed by atoms with Gasteiger partial charge >= 0.3 is 0 Å². The Bertz CT molecular complexity index is 2000. The summed E-state index contributed by atoms with van der Waals surface area (Å²) in [6, 6.07) is 29.8. The number of carbonyl (C=O) groups excluding carboxylic acids is 1. The quantitative estimate of drug-likeness (QED) is 0.172. The summed E-state index contributed by atoms with van der Waals surface area (Å²) in [6.07, 6.45) is 1.43. The van der Waals surface area contributed by atoms with Gasteiger partial charge in [0.2, 0.25) is 11.7 Å². The summed E-state index contributed by atoms with van der Waals surface area (Å²) in [4.78, 5) is 29.6. The highest BCUT2D eigenvalue weighted by Gasteiger charge is 2.30. The van der Waals surface area contributed by atoms with Crippen molar-refractivity contribution in [3.8, 4) is 0 Å². The summed E-state index contributed by atoms with van der Waals surface area (Å²) in [5.74, 6) is 0.849. The maximum absolute atomic E-state index is 14.2. The molecule has 7 rings (SSSR count). The number of hydrogen-bond donors (Lipinski definition) is 1. The Balaban J connectivity index is 1.23. The van der Waals surface area contributed by atoms with Gasteiger partial charge in [-0.2, -0.15) is 0 Å². The molecule has 1 aliphatic heterocycles. The van der Waals surface area contributed by atoms with Gasteiger partial charge in [-0.25, -0.2) is 4.40 Å². The number of aryl methyl sites for hydroxylation is 2. The molecule has 10 heteroatoms. The van der Waals surface area contributed by atoms with Crippen molar-refractivity contribution >= 4 is 45.0 Å². The van der Waals surface area contributed by atoms with Gasteiger partial charge in [-0.15, -0.1) is 21.5 Å². The molecule has 0 fully saturated rings. The number of hydrogen-bond acceptors (Lipinski definition) is 7. The molecule has 3 aromatic carbocycles. The normalized spacial score (nSPS) is 14.7. The van der Waals surface area contributed by atoms with Crippen LogP contribution in [0, 0.1) is 5.92 Å². The van der Waals surface area contributed by atoms with Crippen LogP contribution in [0.1, 0.15) is 47.0 Å². The monoisotopic (exact) mass is 649 g/mol. The lowest BCUT2D eigenvalue weighted by Crippen LogP contribution is -2.30. The van der Waals surface area contributed by atoms with Gasteiger partial charge in [0, 0.05) is 17.8 Å². The number of rotatable bonds is 10. The molecule has 0 radical (unpaired) electrons. The molecule has 4 heterocycles. The van der Waals surface area contributed by atoms with Crippen LogP contribution in [-0.2, 0) is 35.5 Å². The van der Waals surface area contributed by atoms with Gasteiger partial charge in [0.05, 0.1) is 29.9 Å². The first-order valence-corrected chi connectivity index (χ1v) is 17.4. The third kappa shape index (κ3) is 6.00. The summed E-state index contributed by atoms with van der Waals surface area (Å²) < 4.78 is 9.91. The molecule has 6 aromatic rings. The van der Waals surface area contributed by atoms with E-state index in [1.165, 1.54) is 11.8 Å². The van der Waals surface area contributed by atoms with E-state index in [0.29, 0.717) is 48.2 Å². The first-order chi connectivity index (χ1) is 22.5. The number of thioether (sulfide) groups is 1. The summed E-state index contributed by atoms with van der Waals surface area (Å²) in [5, 5.41) is 13.6. The van der Waals surface area contributed by atoms with Crippen LogP contribution >= 0.6 is 23.1 Å². The number of nitrogens with zero attached hydrogens (tertiary/aromatic N) is 4. The summed E-state index contributed by atoms with van der Waals surface area (Å²) in [6.45, 7) is 5.26. The highest BCUT2D eigenvalue weighted by molar-refractivity contribution is 7.99. The van der Waals surface area contributed by atoms with Crippen LogP contribution in [0.2, 0.25) is 0 Å². The van der Waals surface area contributed by atoms with Crippen LogP contribution in [0.25, 0.3) is 16.0 Å². The smallest absolute Gasteiger partial charge is 0.263 e. The third-order valence-corrected chi connectivity index (χ3v) is 10.7. The van der Waals surface area contributed by atoms with Gasteiger partial charge in [-0.1, -0.05) is 117 Å². The molecule has 0 saturated carbocycles. The Hall–Kier alpha value is -4.25. The Morgan fingerprint density at radius 3 is 2.28 bits per heavy atom. The molecule has 0 spiro atoms. The zero-order chi connectivity index (χ0) is 31.6. The highest BCUT2D eigenvalue weighted by atomic mass is 32.2. The molecule has 0 saturated heterocycles.